The van der Waals surface area contributed by atoms with Crippen molar-refractivity contribution in [3.8, 4) is 34.0 Å². The number of nitrogens with zero attached hydrogens (tertiary/aromatic N) is 4. The van der Waals surface area contributed by atoms with Crippen molar-refractivity contribution in [2.45, 2.75) is 0 Å². The highest BCUT2D eigenvalue weighted by Crippen LogP contribution is 2.39. The lowest BCUT2D eigenvalue weighted by Crippen LogP contribution is -2.03. The van der Waals surface area contributed by atoms with Crippen molar-refractivity contribution in [2.24, 2.45) is 0 Å². The lowest BCUT2D eigenvalue weighted by atomic mass is 10.0. The molecular formula is C48H30N4. The molecule has 3 aromatic heterocycles. The van der Waals surface area contributed by atoms with Crippen LogP contribution in [0, 0.1) is 0 Å². The highest BCUT2D eigenvalue weighted by Gasteiger charge is 2.20. The van der Waals surface area contributed by atoms with Gasteiger partial charge in [-0.3, -0.25) is 4.57 Å². The average molecular weight is 668 g/mol. The van der Waals surface area contributed by atoms with Crippen molar-refractivity contribution >= 4 is 65.3 Å². The molecule has 3 heterocycles. The minimum Gasteiger partial charge on any atom is -0.309 e. The second kappa shape index (κ2) is 11.2. The Kier molecular flexibility index (Phi) is 5.22. The van der Waals surface area contributed by atoms with Crippen molar-refractivity contribution in [3.05, 3.63) is 182 Å². The van der Waals surface area contributed by atoms with Gasteiger partial charge in [0.05, 0.1) is 34.4 Å². The van der Waals surface area contributed by atoms with Gasteiger partial charge < -0.3 is 4.57 Å². The predicted octanol–water partition coefficient (Wildman–Crippen LogP) is 12.3. The highest BCUT2D eigenvalue weighted by molar-refractivity contribution is 6.14. The summed E-state index contributed by atoms with van der Waals surface area (Å²) in [4.78, 5) is 10.6. The van der Waals surface area contributed by atoms with Crippen LogP contribution in [0.25, 0.3) is 99.3 Å². The molecule has 4 heteroatoms. The SMILES string of the molecule is [2H]c1c([2H])c([2H])c(-c2ccc3c(-n4c5ccccc5c5cc6ccccc6cc54)nc(-c4ccc5c6ccccc6n(-c6ccccc6)c5c4)nc3c2)c([2H])c1[2H]. The summed E-state index contributed by atoms with van der Waals surface area (Å²) in [5, 5.41) is 7.45. The number of fused-ring (bicyclic) bond motifs is 8. The molecule has 11 aromatic rings. The van der Waals surface area contributed by atoms with Gasteiger partial charge >= 0.3 is 0 Å². The summed E-state index contributed by atoms with van der Waals surface area (Å²) in [6.45, 7) is 0. The highest BCUT2D eigenvalue weighted by atomic mass is 15.1. The maximum atomic E-state index is 8.76. The summed E-state index contributed by atoms with van der Waals surface area (Å²) in [6, 6.07) is 50.0. The summed E-state index contributed by atoms with van der Waals surface area (Å²) in [5.41, 5.74) is 7.13. The molecule has 0 atom stereocenters. The molecule has 0 bridgehead atoms. The van der Waals surface area contributed by atoms with Crippen LogP contribution in [-0.4, -0.2) is 19.1 Å². The Balaban J connectivity index is 1.24. The summed E-state index contributed by atoms with van der Waals surface area (Å²) >= 11 is 0. The molecular weight excluding hydrogens is 633 g/mol. The van der Waals surface area contributed by atoms with Gasteiger partial charge in [-0.25, -0.2) is 9.97 Å². The van der Waals surface area contributed by atoms with Gasteiger partial charge in [0.1, 0.15) is 5.82 Å². The van der Waals surface area contributed by atoms with Gasteiger partial charge in [-0.05, 0) is 76.5 Å². The number of benzene rings is 8. The van der Waals surface area contributed by atoms with Crippen molar-refractivity contribution in [1.29, 1.82) is 0 Å². The second-order valence-corrected chi connectivity index (χ2v) is 13.1. The Hall–Kier alpha value is -7.04. The molecule has 11 rings (SSSR count). The molecule has 0 spiro atoms. The topological polar surface area (TPSA) is 35.6 Å². The maximum absolute atomic E-state index is 8.76. The Morgan fingerprint density at radius 3 is 1.83 bits per heavy atom. The monoisotopic (exact) mass is 667 g/mol. The fraction of sp³-hybridized carbons (Fsp3) is 0. The molecule has 0 aliphatic heterocycles. The van der Waals surface area contributed by atoms with E-state index in [1.54, 1.807) is 6.07 Å². The Morgan fingerprint density at radius 2 is 1.02 bits per heavy atom. The van der Waals surface area contributed by atoms with Crippen molar-refractivity contribution in [1.82, 2.24) is 19.1 Å². The summed E-state index contributed by atoms with van der Waals surface area (Å²) in [7, 11) is 0. The molecule has 242 valence electrons. The summed E-state index contributed by atoms with van der Waals surface area (Å²) in [5.74, 6) is 1.17. The fourth-order valence-corrected chi connectivity index (χ4v) is 7.81. The van der Waals surface area contributed by atoms with Gasteiger partial charge in [-0.1, -0.05) is 127 Å². The lowest BCUT2D eigenvalue weighted by Gasteiger charge is -2.14. The van der Waals surface area contributed by atoms with Crippen molar-refractivity contribution in [3.63, 3.8) is 0 Å². The van der Waals surface area contributed by atoms with E-state index in [2.05, 4.69) is 112 Å². The first-order valence-corrected chi connectivity index (χ1v) is 17.3. The number of para-hydroxylation sites is 3. The van der Waals surface area contributed by atoms with E-state index in [0.717, 1.165) is 71.0 Å². The Bertz CT molecular complexity index is 3450. The summed E-state index contributed by atoms with van der Waals surface area (Å²) in [6.07, 6.45) is 0. The van der Waals surface area contributed by atoms with Crippen LogP contribution in [0.2, 0.25) is 0 Å². The van der Waals surface area contributed by atoms with Gasteiger partial charge in [-0.2, -0.15) is 0 Å². The third kappa shape index (κ3) is 4.34. The number of hydrogen-bond acceptors (Lipinski definition) is 2. The van der Waals surface area contributed by atoms with E-state index in [1.807, 2.05) is 42.5 Å². The average Bonchev–Trinajstić information content (AvgIpc) is 3.76. The van der Waals surface area contributed by atoms with Crippen LogP contribution in [0.1, 0.15) is 6.85 Å². The summed E-state index contributed by atoms with van der Waals surface area (Å²) < 4.78 is 46.9. The number of aromatic nitrogens is 4. The van der Waals surface area contributed by atoms with E-state index >= 15 is 0 Å². The number of rotatable bonds is 4. The largest absolute Gasteiger partial charge is 0.309 e. The van der Waals surface area contributed by atoms with Gasteiger partial charge in [0, 0.05) is 38.2 Å². The zero-order chi connectivity index (χ0) is 38.5. The van der Waals surface area contributed by atoms with E-state index in [9.17, 15) is 0 Å². The van der Waals surface area contributed by atoms with Gasteiger partial charge in [0.2, 0.25) is 0 Å². The van der Waals surface area contributed by atoms with E-state index < -0.39 is 6.04 Å². The van der Waals surface area contributed by atoms with E-state index in [0.29, 0.717) is 22.7 Å². The zero-order valence-corrected chi connectivity index (χ0v) is 27.7. The van der Waals surface area contributed by atoms with Crippen LogP contribution in [0.5, 0.6) is 0 Å². The fourth-order valence-electron chi connectivity index (χ4n) is 7.81. The molecule has 8 aromatic carbocycles. The zero-order valence-electron chi connectivity index (χ0n) is 32.7. The van der Waals surface area contributed by atoms with Crippen LogP contribution in [0.4, 0.5) is 0 Å². The first-order chi connectivity index (χ1) is 27.9. The molecule has 0 fully saturated rings. The third-order valence-corrected chi connectivity index (χ3v) is 10.2. The molecule has 0 amide bonds. The minimum atomic E-state index is -0.427. The Labute approximate surface area is 306 Å². The van der Waals surface area contributed by atoms with Crippen LogP contribution >= 0.6 is 0 Å². The van der Waals surface area contributed by atoms with Crippen molar-refractivity contribution < 1.29 is 6.85 Å². The van der Waals surface area contributed by atoms with E-state index in [4.69, 9.17) is 16.8 Å². The molecule has 0 N–H and O–H groups in total. The van der Waals surface area contributed by atoms with Crippen LogP contribution in [0.3, 0.4) is 0 Å². The van der Waals surface area contributed by atoms with E-state index in [1.165, 1.54) is 0 Å². The van der Waals surface area contributed by atoms with E-state index in [-0.39, 0.29) is 29.7 Å². The molecule has 52 heavy (non-hydrogen) atoms. The van der Waals surface area contributed by atoms with Crippen LogP contribution in [0.15, 0.2) is 182 Å². The van der Waals surface area contributed by atoms with Gasteiger partial charge in [0.25, 0.3) is 0 Å². The third-order valence-electron chi connectivity index (χ3n) is 10.2. The molecule has 0 unspecified atom stereocenters. The molecule has 0 radical (unpaired) electrons. The second-order valence-electron chi connectivity index (χ2n) is 13.1. The molecule has 0 aliphatic carbocycles. The van der Waals surface area contributed by atoms with Crippen LogP contribution in [-0.2, 0) is 0 Å². The predicted molar refractivity (Wildman–Crippen MR) is 217 cm³/mol. The Morgan fingerprint density at radius 1 is 0.404 bits per heavy atom. The van der Waals surface area contributed by atoms with Crippen molar-refractivity contribution in [2.75, 3.05) is 0 Å². The standard InChI is InChI=1S/C48H30N4/c1-3-13-31(14-4-1)34-23-26-40-42(28-34)49-47(35-24-25-39-37-19-9-11-21-43(37)51(45(39)30-35)36-17-5-2-6-18-36)50-48(40)52-44-22-12-10-20-38(44)41-27-32-15-7-8-16-33(32)29-46(41)52/h1-30H/i1D,3D,4D,13D,14D. The minimum absolute atomic E-state index is 0.127. The molecule has 0 saturated heterocycles. The first-order valence-electron chi connectivity index (χ1n) is 19.8. The number of hydrogen-bond donors (Lipinski definition) is 0. The smallest absolute Gasteiger partial charge is 0.162 e. The van der Waals surface area contributed by atoms with Gasteiger partial charge in [0.15, 0.2) is 5.82 Å². The molecule has 0 saturated carbocycles. The lowest BCUT2D eigenvalue weighted by molar-refractivity contribution is 1.08. The quantitative estimate of drug-likeness (QED) is 0.187. The normalized spacial score (nSPS) is 13.2. The molecule has 0 aliphatic rings. The van der Waals surface area contributed by atoms with Crippen LogP contribution < -0.4 is 0 Å². The molecule has 4 nitrogen and oxygen atoms in total. The first kappa shape index (κ1) is 24.2. The maximum Gasteiger partial charge on any atom is 0.162 e. The van der Waals surface area contributed by atoms with Gasteiger partial charge in [-0.15, -0.1) is 0 Å².